The molecule has 0 atom stereocenters. The zero-order chi connectivity index (χ0) is 25.2. The lowest BCUT2D eigenvalue weighted by Crippen LogP contribution is -2.37. The number of aliphatic carboxylic acids is 1. The number of aromatic nitrogens is 1. The molecule has 3 aromatic rings. The van der Waals surface area contributed by atoms with Crippen molar-refractivity contribution in [2.45, 2.75) is 22.6 Å². The number of rotatable bonds is 7. The number of phenolic OH excluding ortho intramolecular Hbond substituents is 1. The average Bonchev–Trinajstić information content (AvgIpc) is 2.84. The topological polar surface area (TPSA) is 160 Å². The minimum absolute atomic E-state index is 0.0224. The van der Waals surface area contributed by atoms with E-state index < -0.39 is 26.6 Å². The third-order valence-electron chi connectivity index (χ3n) is 5.67. The Morgan fingerprint density at radius 1 is 1.00 bits per heavy atom. The highest BCUT2D eigenvalue weighted by molar-refractivity contribution is 7.91. The number of nitro groups is 1. The van der Waals surface area contributed by atoms with Crippen LogP contribution in [-0.4, -0.2) is 47.6 Å². The van der Waals surface area contributed by atoms with Crippen LogP contribution >= 0.6 is 0 Å². The minimum Gasteiger partial charge on any atom is -0.508 e. The minimum atomic E-state index is -3.80. The van der Waals surface area contributed by atoms with Gasteiger partial charge in [-0.2, -0.15) is 4.98 Å². The van der Waals surface area contributed by atoms with Crippen LogP contribution in [-0.2, 0) is 14.6 Å². The van der Waals surface area contributed by atoms with Gasteiger partial charge in [-0.05, 0) is 61.4 Å². The normalized spacial score (nSPS) is 14.5. The first-order chi connectivity index (χ1) is 16.6. The second kappa shape index (κ2) is 9.58. The summed E-state index contributed by atoms with van der Waals surface area (Å²) in [6.45, 7) is 0.607. The van der Waals surface area contributed by atoms with Gasteiger partial charge >= 0.3 is 11.7 Å². The number of benzene rings is 2. The van der Waals surface area contributed by atoms with Crippen LogP contribution in [0.1, 0.15) is 12.8 Å². The number of hydrogen-bond donors (Lipinski definition) is 2. The van der Waals surface area contributed by atoms with Gasteiger partial charge < -0.3 is 19.8 Å². The average molecular weight is 500 g/mol. The molecule has 1 fully saturated rings. The van der Waals surface area contributed by atoms with Crippen LogP contribution in [0.15, 0.2) is 70.5 Å². The molecule has 35 heavy (non-hydrogen) atoms. The van der Waals surface area contributed by atoms with Gasteiger partial charge in [0.2, 0.25) is 21.5 Å². The van der Waals surface area contributed by atoms with E-state index in [1.807, 2.05) is 0 Å². The van der Waals surface area contributed by atoms with E-state index in [2.05, 4.69) is 4.98 Å². The summed E-state index contributed by atoms with van der Waals surface area (Å²) in [7, 11) is -3.80. The van der Waals surface area contributed by atoms with E-state index in [4.69, 9.17) is 4.74 Å². The third-order valence-corrected chi connectivity index (χ3v) is 7.46. The summed E-state index contributed by atoms with van der Waals surface area (Å²) >= 11 is 0. The van der Waals surface area contributed by atoms with Crippen molar-refractivity contribution in [1.29, 1.82) is 0 Å². The summed E-state index contributed by atoms with van der Waals surface area (Å²) in [6, 6.07) is 13.4. The van der Waals surface area contributed by atoms with Gasteiger partial charge in [0.05, 0.1) is 20.6 Å². The van der Waals surface area contributed by atoms with Crippen molar-refractivity contribution in [3.05, 3.63) is 70.8 Å². The Bertz CT molecular complexity index is 1350. The number of carboxylic acids is 1. The van der Waals surface area contributed by atoms with Crippen molar-refractivity contribution in [2.24, 2.45) is 5.92 Å². The predicted molar refractivity (Wildman–Crippen MR) is 124 cm³/mol. The number of aromatic hydroxyl groups is 1. The molecule has 1 aliphatic heterocycles. The maximum Gasteiger partial charge on any atom is 0.311 e. The Kier molecular flexibility index (Phi) is 6.56. The van der Waals surface area contributed by atoms with E-state index in [-0.39, 0.29) is 38.7 Å². The van der Waals surface area contributed by atoms with Gasteiger partial charge in [-0.1, -0.05) is 0 Å². The molecule has 0 amide bonds. The lowest BCUT2D eigenvalue weighted by Gasteiger charge is -2.30. The van der Waals surface area contributed by atoms with Crippen LogP contribution < -0.4 is 9.64 Å². The van der Waals surface area contributed by atoms with Gasteiger partial charge in [-0.25, -0.2) is 8.42 Å². The molecule has 1 aliphatic rings. The Balaban J connectivity index is 1.54. The zero-order valence-corrected chi connectivity index (χ0v) is 19.1. The molecular weight excluding hydrogens is 478 g/mol. The quantitative estimate of drug-likeness (QED) is 0.363. The van der Waals surface area contributed by atoms with Crippen molar-refractivity contribution in [1.82, 2.24) is 4.98 Å². The number of ether oxygens (including phenoxy) is 1. The number of phenols is 1. The lowest BCUT2D eigenvalue weighted by atomic mass is 9.97. The summed E-state index contributed by atoms with van der Waals surface area (Å²) in [5, 5.41) is 30.1. The highest BCUT2D eigenvalue weighted by Crippen LogP contribution is 2.33. The number of carbonyl (C=O) groups is 1. The maximum absolute atomic E-state index is 12.8. The van der Waals surface area contributed by atoms with Crippen LogP contribution in [0.4, 0.5) is 11.5 Å². The highest BCUT2D eigenvalue weighted by Gasteiger charge is 2.29. The zero-order valence-electron chi connectivity index (χ0n) is 18.3. The lowest BCUT2D eigenvalue weighted by molar-refractivity contribution is -0.384. The van der Waals surface area contributed by atoms with Gasteiger partial charge in [0.1, 0.15) is 11.5 Å². The van der Waals surface area contributed by atoms with Crippen LogP contribution in [0.25, 0.3) is 0 Å². The molecule has 4 rings (SSSR count). The maximum atomic E-state index is 12.8. The van der Waals surface area contributed by atoms with Crippen LogP contribution in [0, 0.1) is 16.0 Å². The van der Waals surface area contributed by atoms with E-state index in [0.717, 1.165) is 0 Å². The Hall–Kier alpha value is -4.19. The molecule has 11 nitrogen and oxygen atoms in total. The third kappa shape index (κ3) is 5.17. The molecule has 2 aromatic carbocycles. The summed E-state index contributed by atoms with van der Waals surface area (Å²) in [5.41, 5.74) is -0.221. The van der Waals surface area contributed by atoms with Gasteiger partial charge in [-0.15, -0.1) is 0 Å². The summed E-state index contributed by atoms with van der Waals surface area (Å²) in [4.78, 5) is 28.1. The fourth-order valence-electron chi connectivity index (χ4n) is 3.76. The molecule has 0 saturated carbocycles. The molecule has 0 aliphatic carbocycles. The smallest absolute Gasteiger partial charge is 0.311 e. The van der Waals surface area contributed by atoms with Gasteiger partial charge in [0.25, 0.3) is 0 Å². The fourth-order valence-corrected chi connectivity index (χ4v) is 5.02. The van der Waals surface area contributed by atoms with Crippen LogP contribution in [0.2, 0.25) is 0 Å². The SMILES string of the molecule is O=C(O)C1CCN(c2nc(Oc3ccc(S(=O)(=O)c4ccc(O)cc4)cc3)ccc2[N+](=O)[O-])CC1. The van der Waals surface area contributed by atoms with Crippen molar-refractivity contribution < 1.29 is 33.1 Å². The Labute approximate surface area is 200 Å². The number of nitrogens with zero attached hydrogens (tertiary/aromatic N) is 3. The largest absolute Gasteiger partial charge is 0.508 e. The molecule has 1 saturated heterocycles. The van der Waals surface area contributed by atoms with E-state index in [1.165, 1.54) is 60.7 Å². The summed E-state index contributed by atoms with van der Waals surface area (Å²) in [5.74, 6) is -1.01. The predicted octanol–water partition coefficient (Wildman–Crippen LogP) is 3.62. The Morgan fingerprint density at radius 3 is 2.11 bits per heavy atom. The molecule has 2 N–H and O–H groups in total. The van der Waals surface area contributed by atoms with Crippen molar-refractivity contribution in [3.8, 4) is 17.4 Å². The fraction of sp³-hybridized carbons (Fsp3) is 0.217. The van der Waals surface area contributed by atoms with Gasteiger partial charge in [0.15, 0.2) is 0 Å². The van der Waals surface area contributed by atoms with E-state index >= 15 is 0 Å². The van der Waals surface area contributed by atoms with Crippen LogP contribution in [0.3, 0.4) is 0 Å². The van der Waals surface area contributed by atoms with Crippen molar-refractivity contribution >= 4 is 27.3 Å². The van der Waals surface area contributed by atoms with E-state index in [9.17, 15) is 33.5 Å². The van der Waals surface area contributed by atoms with Crippen LogP contribution in [0.5, 0.6) is 17.4 Å². The second-order valence-corrected chi connectivity index (χ2v) is 9.87. The first kappa shape index (κ1) is 24.0. The first-order valence-electron chi connectivity index (χ1n) is 10.6. The second-order valence-electron chi connectivity index (χ2n) is 7.92. The molecule has 0 radical (unpaired) electrons. The molecule has 0 spiro atoms. The number of carboxylic acid groups (broad SMARTS) is 1. The molecule has 12 heteroatoms. The number of anilines is 1. The summed E-state index contributed by atoms with van der Waals surface area (Å²) in [6.07, 6.45) is 0.687. The van der Waals surface area contributed by atoms with Crippen molar-refractivity contribution in [3.63, 3.8) is 0 Å². The molecule has 0 unspecified atom stereocenters. The molecule has 0 bridgehead atoms. The van der Waals surface area contributed by atoms with E-state index in [0.29, 0.717) is 25.9 Å². The van der Waals surface area contributed by atoms with Crippen molar-refractivity contribution in [2.75, 3.05) is 18.0 Å². The summed E-state index contributed by atoms with van der Waals surface area (Å²) < 4.78 is 31.2. The Morgan fingerprint density at radius 2 is 1.57 bits per heavy atom. The number of piperidine rings is 1. The number of sulfone groups is 1. The number of pyridine rings is 1. The first-order valence-corrected chi connectivity index (χ1v) is 12.1. The number of hydrogen-bond acceptors (Lipinski definition) is 9. The molecule has 1 aromatic heterocycles. The molecular formula is C23H21N3O8S. The van der Waals surface area contributed by atoms with Gasteiger partial charge in [-0.3, -0.25) is 14.9 Å². The standard InChI is InChI=1S/C23H21N3O8S/c27-16-1-5-18(6-2-16)35(32,33)19-7-3-17(4-8-19)34-21-10-9-20(26(30)31)22(24-21)25-13-11-15(12-14-25)23(28)29/h1-10,15,27H,11-14H2,(H,28,29). The molecule has 182 valence electrons. The molecule has 2 heterocycles. The van der Waals surface area contributed by atoms with E-state index in [1.54, 1.807) is 4.90 Å². The highest BCUT2D eigenvalue weighted by atomic mass is 32.2. The van der Waals surface area contributed by atoms with Gasteiger partial charge in [0, 0.05) is 25.2 Å². The monoisotopic (exact) mass is 499 g/mol.